The molecular formula is C19H15F5N2O2. The number of nitrogens with zero attached hydrogens (tertiary/aromatic N) is 1. The summed E-state index contributed by atoms with van der Waals surface area (Å²) in [6.07, 6.45) is -1.04. The maximum Gasteiger partial charge on any atom is 0.252 e. The highest BCUT2D eigenvalue weighted by molar-refractivity contribution is 5.93. The third-order valence-corrected chi connectivity index (χ3v) is 4.42. The van der Waals surface area contributed by atoms with Gasteiger partial charge in [-0.3, -0.25) is 14.5 Å². The minimum atomic E-state index is -2.90. The molecule has 3 rings (SSSR count). The molecule has 9 heteroatoms. The van der Waals surface area contributed by atoms with Gasteiger partial charge in [0, 0.05) is 30.5 Å². The third kappa shape index (κ3) is 4.13. The van der Waals surface area contributed by atoms with Crippen LogP contribution in [0.3, 0.4) is 0 Å². The molecule has 1 atom stereocenters. The van der Waals surface area contributed by atoms with Gasteiger partial charge in [0.15, 0.2) is 0 Å². The first-order chi connectivity index (χ1) is 13.2. The lowest BCUT2D eigenvalue weighted by Crippen LogP contribution is -2.53. The van der Waals surface area contributed by atoms with E-state index in [0.717, 1.165) is 18.2 Å². The van der Waals surface area contributed by atoms with Gasteiger partial charge in [-0.05, 0) is 18.2 Å². The summed E-state index contributed by atoms with van der Waals surface area (Å²) in [4.78, 5) is 25.1. The lowest BCUT2D eigenvalue weighted by Gasteiger charge is -2.37. The van der Waals surface area contributed by atoms with Gasteiger partial charge >= 0.3 is 0 Å². The molecule has 1 aliphatic carbocycles. The first-order valence-corrected chi connectivity index (χ1v) is 8.32. The number of halogens is 5. The fourth-order valence-corrected chi connectivity index (χ4v) is 3.12. The van der Waals surface area contributed by atoms with E-state index in [9.17, 15) is 31.5 Å². The van der Waals surface area contributed by atoms with Gasteiger partial charge in [-0.1, -0.05) is 18.2 Å². The minimum absolute atomic E-state index is 0.125. The number of nitrogens with one attached hydrogen (secondary N) is 1. The molecule has 0 radical (unpaired) electrons. The molecule has 0 aliphatic heterocycles. The van der Waals surface area contributed by atoms with Crippen LogP contribution in [0.1, 0.15) is 24.4 Å². The molecule has 1 fully saturated rings. The van der Waals surface area contributed by atoms with E-state index in [1.807, 2.05) is 0 Å². The van der Waals surface area contributed by atoms with Crippen LogP contribution >= 0.6 is 0 Å². The molecule has 2 amide bonds. The van der Waals surface area contributed by atoms with Gasteiger partial charge in [-0.2, -0.15) is 0 Å². The zero-order valence-electron chi connectivity index (χ0n) is 14.3. The second-order valence-corrected chi connectivity index (χ2v) is 6.53. The second-order valence-electron chi connectivity index (χ2n) is 6.53. The largest absolute Gasteiger partial charge is 0.351 e. The molecule has 148 valence electrons. The van der Waals surface area contributed by atoms with Crippen LogP contribution in [-0.2, 0) is 9.59 Å². The summed E-state index contributed by atoms with van der Waals surface area (Å²) in [5, 5.41) is 2.34. The number of anilines is 1. The average Bonchev–Trinajstić information content (AvgIpc) is 2.57. The summed E-state index contributed by atoms with van der Waals surface area (Å²) in [7, 11) is 0. The Balaban J connectivity index is 1.98. The van der Waals surface area contributed by atoms with Crippen LogP contribution in [0.25, 0.3) is 0 Å². The lowest BCUT2D eigenvalue weighted by molar-refractivity contribution is -0.131. The average molecular weight is 398 g/mol. The van der Waals surface area contributed by atoms with E-state index < -0.39 is 54.2 Å². The minimum Gasteiger partial charge on any atom is -0.351 e. The number of benzene rings is 2. The summed E-state index contributed by atoms with van der Waals surface area (Å²) in [5.74, 6) is -6.70. The third-order valence-electron chi connectivity index (χ3n) is 4.42. The molecule has 0 saturated heterocycles. The molecule has 2 aromatic carbocycles. The lowest BCUT2D eigenvalue weighted by atomic mass is 9.87. The predicted octanol–water partition coefficient (Wildman–Crippen LogP) is 3.72. The molecule has 1 aliphatic rings. The van der Waals surface area contributed by atoms with E-state index in [4.69, 9.17) is 0 Å². The summed E-state index contributed by atoms with van der Waals surface area (Å²) in [6, 6.07) is 4.71. The Kier molecular flexibility index (Phi) is 5.35. The summed E-state index contributed by atoms with van der Waals surface area (Å²) >= 11 is 0. The molecule has 0 bridgehead atoms. The van der Waals surface area contributed by atoms with Crippen LogP contribution in [0.4, 0.5) is 27.6 Å². The molecule has 1 N–H and O–H groups in total. The van der Waals surface area contributed by atoms with Gasteiger partial charge in [0.1, 0.15) is 23.5 Å². The van der Waals surface area contributed by atoms with Crippen LogP contribution in [0, 0.1) is 17.5 Å². The van der Waals surface area contributed by atoms with Crippen LogP contribution in [0.15, 0.2) is 42.5 Å². The van der Waals surface area contributed by atoms with Crippen molar-refractivity contribution in [3.63, 3.8) is 0 Å². The number of hydrogen-bond acceptors (Lipinski definition) is 2. The van der Waals surface area contributed by atoms with E-state index in [1.54, 1.807) is 0 Å². The Labute approximate surface area is 156 Å². The van der Waals surface area contributed by atoms with Gasteiger partial charge in [-0.15, -0.1) is 0 Å². The zero-order chi connectivity index (χ0) is 20.5. The zero-order valence-corrected chi connectivity index (χ0v) is 14.3. The van der Waals surface area contributed by atoms with Crippen LogP contribution in [0.5, 0.6) is 0 Å². The van der Waals surface area contributed by atoms with E-state index in [2.05, 4.69) is 5.32 Å². The SMILES string of the molecule is O=CN(c1cc(F)cc(F)c1)[C@H](C(=O)NC1CC(F)(F)C1)c1ccccc1F. The molecule has 0 unspecified atom stereocenters. The van der Waals surface area contributed by atoms with Gasteiger partial charge in [-0.25, -0.2) is 22.0 Å². The van der Waals surface area contributed by atoms with Crippen molar-refractivity contribution < 1.29 is 31.5 Å². The smallest absolute Gasteiger partial charge is 0.252 e. The van der Waals surface area contributed by atoms with E-state index in [1.165, 1.54) is 18.2 Å². The van der Waals surface area contributed by atoms with Crippen LogP contribution in [0.2, 0.25) is 0 Å². The molecule has 4 nitrogen and oxygen atoms in total. The molecule has 0 spiro atoms. The maximum atomic E-state index is 14.3. The number of amides is 2. The fourth-order valence-electron chi connectivity index (χ4n) is 3.12. The van der Waals surface area contributed by atoms with Crippen molar-refractivity contribution in [3.05, 3.63) is 65.5 Å². The highest BCUT2D eigenvalue weighted by atomic mass is 19.3. The fraction of sp³-hybridized carbons (Fsp3) is 0.263. The highest BCUT2D eigenvalue weighted by Crippen LogP contribution is 2.38. The Morgan fingerprint density at radius 1 is 1.11 bits per heavy atom. The summed E-state index contributed by atoms with van der Waals surface area (Å²) < 4.78 is 67.6. The molecule has 2 aromatic rings. The van der Waals surface area contributed by atoms with Crippen molar-refractivity contribution in [2.45, 2.75) is 30.8 Å². The molecule has 1 saturated carbocycles. The van der Waals surface area contributed by atoms with Crippen molar-refractivity contribution in [2.75, 3.05) is 4.90 Å². The predicted molar refractivity (Wildman–Crippen MR) is 90.2 cm³/mol. The first-order valence-electron chi connectivity index (χ1n) is 8.32. The van der Waals surface area contributed by atoms with Gasteiger partial charge in [0.05, 0.1) is 5.69 Å². The Morgan fingerprint density at radius 3 is 2.25 bits per heavy atom. The number of carbonyl (C=O) groups excluding carboxylic acids is 2. The molecule has 0 heterocycles. The molecular weight excluding hydrogens is 383 g/mol. The van der Waals surface area contributed by atoms with Crippen molar-refractivity contribution >= 4 is 18.0 Å². The molecule has 0 aromatic heterocycles. The normalized spacial score (nSPS) is 16.8. The standard InChI is InChI=1S/C19H15F5N2O2/c20-11-5-12(21)7-14(6-11)26(10-27)17(15-3-1-2-4-16(15)22)18(28)25-13-8-19(23,24)9-13/h1-7,10,13,17H,8-9H2,(H,25,28)/t17-/m0/s1. The first kappa shape index (κ1) is 19.8. The summed E-state index contributed by atoms with van der Waals surface area (Å²) in [5.41, 5.74) is -0.572. The van der Waals surface area contributed by atoms with Crippen LogP contribution in [-0.4, -0.2) is 24.3 Å². The van der Waals surface area contributed by atoms with Crippen molar-refractivity contribution in [1.29, 1.82) is 0 Å². The monoisotopic (exact) mass is 398 g/mol. The van der Waals surface area contributed by atoms with Crippen molar-refractivity contribution in [1.82, 2.24) is 5.32 Å². The van der Waals surface area contributed by atoms with E-state index in [-0.39, 0.29) is 17.7 Å². The number of hydrogen-bond donors (Lipinski definition) is 1. The van der Waals surface area contributed by atoms with Crippen molar-refractivity contribution in [2.24, 2.45) is 0 Å². The topological polar surface area (TPSA) is 49.4 Å². The van der Waals surface area contributed by atoms with Gasteiger partial charge in [0.2, 0.25) is 12.3 Å². The Hall–Kier alpha value is -2.97. The quantitative estimate of drug-likeness (QED) is 0.596. The number of carbonyl (C=O) groups is 2. The second kappa shape index (κ2) is 7.57. The number of alkyl halides is 2. The summed E-state index contributed by atoms with van der Waals surface area (Å²) in [6.45, 7) is 0. The highest BCUT2D eigenvalue weighted by Gasteiger charge is 2.47. The maximum absolute atomic E-state index is 14.3. The van der Waals surface area contributed by atoms with Crippen molar-refractivity contribution in [3.8, 4) is 0 Å². The molecule has 28 heavy (non-hydrogen) atoms. The van der Waals surface area contributed by atoms with E-state index in [0.29, 0.717) is 11.0 Å². The number of rotatable bonds is 6. The van der Waals surface area contributed by atoms with E-state index >= 15 is 0 Å². The Morgan fingerprint density at radius 2 is 1.71 bits per heavy atom. The van der Waals surface area contributed by atoms with Gasteiger partial charge < -0.3 is 5.32 Å². The van der Waals surface area contributed by atoms with Gasteiger partial charge in [0.25, 0.3) is 5.92 Å². The van der Waals surface area contributed by atoms with Crippen LogP contribution < -0.4 is 10.2 Å². The Bertz CT molecular complexity index is 877.